The van der Waals surface area contributed by atoms with Gasteiger partial charge in [0, 0.05) is 0 Å². The van der Waals surface area contributed by atoms with Gasteiger partial charge in [-0.3, -0.25) is 4.79 Å². The molecule has 0 spiro atoms. The Morgan fingerprint density at radius 3 is 2.53 bits per heavy atom. The standard InChI is InChI=1S/C12H20O3/c1-9-4-5-10(15-9)8-12(11(13)14)6-2-3-7-12/h9-10H,2-8H2,1H3,(H,13,14). The van der Waals surface area contributed by atoms with Crippen molar-refractivity contribution in [3.8, 4) is 0 Å². The van der Waals surface area contributed by atoms with E-state index in [9.17, 15) is 9.90 Å². The second kappa shape index (κ2) is 4.12. The Morgan fingerprint density at radius 2 is 2.07 bits per heavy atom. The lowest BCUT2D eigenvalue weighted by Gasteiger charge is -2.26. The van der Waals surface area contributed by atoms with Gasteiger partial charge < -0.3 is 9.84 Å². The summed E-state index contributed by atoms with van der Waals surface area (Å²) in [4.78, 5) is 11.3. The average Bonchev–Trinajstić information content (AvgIpc) is 2.77. The molecule has 1 saturated carbocycles. The molecule has 0 bridgehead atoms. The van der Waals surface area contributed by atoms with Crippen LogP contribution in [0.25, 0.3) is 0 Å². The largest absolute Gasteiger partial charge is 0.481 e. The van der Waals surface area contributed by atoms with Crippen molar-refractivity contribution in [2.75, 3.05) is 0 Å². The van der Waals surface area contributed by atoms with Crippen LogP contribution in [0.2, 0.25) is 0 Å². The van der Waals surface area contributed by atoms with Gasteiger partial charge in [-0.25, -0.2) is 0 Å². The Morgan fingerprint density at radius 1 is 1.40 bits per heavy atom. The van der Waals surface area contributed by atoms with E-state index in [1.165, 1.54) is 0 Å². The minimum absolute atomic E-state index is 0.189. The number of aliphatic carboxylic acids is 1. The summed E-state index contributed by atoms with van der Waals surface area (Å²) in [6.07, 6.45) is 7.18. The number of rotatable bonds is 3. The molecule has 1 saturated heterocycles. The van der Waals surface area contributed by atoms with Crippen LogP contribution in [-0.2, 0) is 9.53 Å². The molecule has 1 aliphatic heterocycles. The van der Waals surface area contributed by atoms with Crippen molar-refractivity contribution >= 4 is 5.97 Å². The zero-order chi connectivity index (χ0) is 10.9. The van der Waals surface area contributed by atoms with Crippen LogP contribution in [0.3, 0.4) is 0 Å². The minimum Gasteiger partial charge on any atom is -0.481 e. The Balaban J connectivity index is 1.98. The van der Waals surface area contributed by atoms with E-state index in [4.69, 9.17) is 4.74 Å². The molecular weight excluding hydrogens is 192 g/mol. The lowest BCUT2D eigenvalue weighted by molar-refractivity contribution is -0.151. The van der Waals surface area contributed by atoms with Crippen molar-refractivity contribution < 1.29 is 14.6 Å². The molecule has 15 heavy (non-hydrogen) atoms. The van der Waals surface area contributed by atoms with Gasteiger partial charge in [0.25, 0.3) is 0 Å². The van der Waals surface area contributed by atoms with Gasteiger partial charge in [-0.1, -0.05) is 12.8 Å². The van der Waals surface area contributed by atoms with E-state index in [1.807, 2.05) is 0 Å². The minimum atomic E-state index is -0.608. The molecule has 0 radical (unpaired) electrons. The normalized spacial score (nSPS) is 34.5. The molecule has 3 heteroatoms. The Bertz CT molecular complexity index is 243. The lowest BCUT2D eigenvalue weighted by atomic mass is 9.80. The molecule has 0 aromatic rings. The maximum Gasteiger partial charge on any atom is 0.309 e. The molecule has 0 aromatic heterocycles. The van der Waals surface area contributed by atoms with Crippen molar-refractivity contribution in [1.29, 1.82) is 0 Å². The molecule has 86 valence electrons. The molecule has 2 unspecified atom stereocenters. The van der Waals surface area contributed by atoms with E-state index in [-0.39, 0.29) is 6.10 Å². The first-order chi connectivity index (χ1) is 7.12. The van der Waals surface area contributed by atoms with Crippen LogP contribution in [0.1, 0.15) is 51.9 Å². The number of carbonyl (C=O) groups is 1. The van der Waals surface area contributed by atoms with E-state index < -0.39 is 11.4 Å². The van der Waals surface area contributed by atoms with Crippen molar-refractivity contribution in [3.63, 3.8) is 0 Å². The first-order valence-corrected chi connectivity index (χ1v) is 6.01. The van der Waals surface area contributed by atoms with E-state index in [0.29, 0.717) is 6.10 Å². The predicted octanol–water partition coefficient (Wildman–Crippen LogP) is 2.59. The fraction of sp³-hybridized carbons (Fsp3) is 0.917. The lowest BCUT2D eigenvalue weighted by Crippen LogP contribution is -2.32. The third kappa shape index (κ3) is 2.17. The molecule has 1 aliphatic carbocycles. The third-order valence-electron chi connectivity index (χ3n) is 3.95. The summed E-state index contributed by atoms with van der Waals surface area (Å²) >= 11 is 0. The van der Waals surface area contributed by atoms with E-state index in [2.05, 4.69) is 6.92 Å². The summed E-state index contributed by atoms with van der Waals surface area (Å²) < 4.78 is 5.74. The predicted molar refractivity (Wildman–Crippen MR) is 56.7 cm³/mol. The quantitative estimate of drug-likeness (QED) is 0.782. The topological polar surface area (TPSA) is 46.5 Å². The highest BCUT2D eigenvalue weighted by atomic mass is 16.5. The van der Waals surface area contributed by atoms with Gasteiger partial charge in [0.15, 0.2) is 0 Å². The van der Waals surface area contributed by atoms with Crippen LogP contribution in [0, 0.1) is 5.41 Å². The fourth-order valence-corrected chi connectivity index (χ4v) is 3.03. The van der Waals surface area contributed by atoms with Crippen LogP contribution in [-0.4, -0.2) is 23.3 Å². The first kappa shape index (κ1) is 10.9. The van der Waals surface area contributed by atoms with Crippen LogP contribution in [0.15, 0.2) is 0 Å². The second-order valence-electron chi connectivity index (χ2n) is 5.14. The van der Waals surface area contributed by atoms with Crippen LogP contribution >= 0.6 is 0 Å². The molecule has 0 aromatic carbocycles. The van der Waals surface area contributed by atoms with Gasteiger partial charge in [-0.15, -0.1) is 0 Å². The summed E-state index contributed by atoms with van der Waals surface area (Å²) in [6, 6.07) is 0. The van der Waals surface area contributed by atoms with Gasteiger partial charge in [-0.05, 0) is 39.0 Å². The molecule has 3 nitrogen and oxygen atoms in total. The summed E-state index contributed by atoms with van der Waals surface area (Å²) in [6.45, 7) is 2.07. The Hall–Kier alpha value is -0.570. The zero-order valence-corrected chi connectivity index (χ0v) is 9.37. The fourth-order valence-electron chi connectivity index (χ4n) is 3.03. The summed E-state index contributed by atoms with van der Waals surface area (Å²) in [5, 5.41) is 9.33. The van der Waals surface area contributed by atoms with Crippen molar-refractivity contribution in [1.82, 2.24) is 0 Å². The van der Waals surface area contributed by atoms with Gasteiger partial charge in [-0.2, -0.15) is 0 Å². The maximum atomic E-state index is 11.3. The molecule has 2 aliphatic rings. The number of carboxylic acids is 1. The molecule has 2 rings (SSSR count). The van der Waals surface area contributed by atoms with E-state index >= 15 is 0 Å². The first-order valence-electron chi connectivity index (χ1n) is 6.01. The molecule has 2 atom stereocenters. The third-order valence-corrected chi connectivity index (χ3v) is 3.95. The highest BCUT2D eigenvalue weighted by Crippen LogP contribution is 2.44. The molecular formula is C12H20O3. The average molecular weight is 212 g/mol. The molecule has 1 N–H and O–H groups in total. The summed E-state index contributed by atoms with van der Waals surface area (Å²) in [5.41, 5.74) is -0.464. The summed E-state index contributed by atoms with van der Waals surface area (Å²) in [5.74, 6) is -0.608. The van der Waals surface area contributed by atoms with Crippen LogP contribution in [0.5, 0.6) is 0 Å². The second-order valence-corrected chi connectivity index (χ2v) is 5.14. The monoisotopic (exact) mass is 212 g/mol. The Kier molecular flexibility index (Phi) is 3.01. The van der Waals surface area contributed by atoms with E-state index in [1.54, 1.807) is 0 Å². The van der Waals surface area contributed by atoms with Gasteiger partial charge >= 0.3 is 5.97 Å². The van der Waals surface area contributed by atoms with Crippen molar-refractivity contribution in [3.05, 3.63) is 0 Å². The number of ether oxygens (including phenoxy) is 1. The molecule has 0 amide bonds. The highest BCUT2D eigenvalue weighted by molar-refractivity contribution is 5.75. The van der Waals surface area contributed by atoms with Gasteiger partial charge in [0.2, 0.25) is 0 Å². The Labute approximate surface area is 90.8 Å². The number of hydrogen-bond acceptors (Lipinski definition) is 2. The van der Waals surface area contributed by atoms with Gasteiger partial charge in [0.1, 0.15) is 0 Å². The van der Waals surface area contributed by atoms with Crippen molar-refractivity contribution in [2.24, 2.45) is 5.41 Å². The van der Waals surface area contributed by atoms with Crippen LogP contribution < -0.4 is 0 Å². The maximum absolute atomic E-state index is 11.3. The molecule has 2 fully saturated rings. The molecule has 1 heterocycles. The van der Waals surface area contributed by atoms with Gasteiger partial charge in [0.05, 0.1) is 17.6 Å². The van der Waals surface area contributed by atoms with Crippen molar-refractivity contribution in [2.45, 2.75) is 64.1 Å². The smallest absolute Gasteiger partial charge is 0.309 e. The van der Waals surface area contributed by atoms with Crippen LogP contribution in [0.4, 0.5) is 0 Å². The van der Waals surface area contributed by atoms with E-state index in [0.717, 1.165) is 44.9 Å². The number of hydrogen-bond donors (Lipinski definition) is 1. The number of carboxylic acid groups (broad SMARTS) is 1. The summed E-state index contributed by atoms with van der Waals surface area (Å²) in [7, 11) is 0. The SMILES string of the molecule is CC1CCC(CC2(C(=O)O)CCCC2)O1. The highest BCUT2D eigenvalue weighted by Gasteiger charge is 2.44. The zero-order valence-electron chi connectivity index (χ0n) is 9.37.